The molecular formula is C20H18ClN5O2S. The molecule has 148 valence electrons. The Labute approximate surface area is 175 Å². The molecule has 1 aromatic carbocycles. The number of hydrogen-bond acceptors (Lipinski definition) is 7. The summed E-state index contributed by atoms with van der Waals surface area (Å²) in [6.07, 6.45) is 4.15. The molecule has 0 unspecified atom stereocenters. The van der Waals surface area contributed by atoms with Crippen molar-refractivity contribution in [3.63, 3.8) is 0 Å². The number of rotatable bonds is 4. The van der Waals surface area contributed by atoms with Crippen molar-refractivity contribution in [2.75, 3.05) is 0 Å². The van der Waals surface area contributed by atoms with Gasteiger partial charge in [0.05, 0.1) is 23.8 Å². The van der Waals surface area contributed by atoms with E-state index in [1.54, 1.807) is 40.5 Å². The van der Waals surface area contributed by atoms with Crippen molar-refractivity contribution < 1.29 is 9.57 Å². The van der Waals surface area contributed by atoms with E-state index >= 15 is 0 Å². The minimum absolute atomic E-state index is 0.175. The largest absolute Gasteiger partial charge is 0.387 e. The SMILES string of the molecule is CC1(C)Cc2c(sc3ncn4nc(CO/N=C/c5ccc(Cl)cc5)nc4c23)CO1. The second-order valence-electron chi connectivity index (χ2n) is 7.51. The van der Waals surface area contributed by atoms with Crippen molar-refractivity contribution in [1.29, 1.82) is 0 Å². The van der Waals surface area contributed by atoms with Gasteiger partial charge in [0.15, 0.2) is 18.1 Å². The van der Waals surface area contributed by atoms with Crippen molar-refractivity contribution in [2.24, 2.45) is 5.16 Å². The highest BCUT2D eigenvalue weighted by molar-refractivity contribution is 7.19. The van der Waals surface area contributed by atoms with Gasteiger partial charge in [0, 0.05) is 16.3 Å². The number of halogens is 1. The van der Waals surface area contributed by atoms with Crippen molar-refractivity contribution in [3.8, 4) is 0 Å². The van der Waals surface area contributed by atoms with Gasteiger partial charge in [0.1, 0.15) is 11.2 Å². The Bertz CT molecular complexity index is 1230. The lowest BCUT2D eigenvalue weighted by Crippen LogP contribution is -2.31. The summed E-state index contributed by atoms with van der Waals surface area (Å²) >= 11 is 7.54. The molecule has 0 saturated carbocycles. The van der Waals surface area contributed by atoms with Crippen LogP contribution in [-0.2, 0) is 29.2 Å². The van der Waals surface area contributed by atoms with Crippen LogP contribution in [-0.4, -0.2) is 31.4 Å². The molecular weight excluding hydrogens is 410 g/mol. The third kappa shape index (κ3) is 3.59. The molecule has 4 aromatic rings. The zero-order valence-corrected chi connectivity index (χ0v) is 17.5. The lowest BCUT2D eigenvalue weighted by Gasteiger charge is -2.30. The Morgan fingerprint density at radius 1 is 1.34 bits per heavy atom. The van der Waals surface area contributed by atoms with Gasteiger partial charge >= 0.3 is 0 Å². The average Bonchev–Trinajstić information content (AvgIpc) is 3.26. The number of nitrogens with zero attached hydrogens (tertiary/aromatic N) is 5. The van der Waals surface area contributed by atoms with Crippen LogP contribution in [0.5, 0.6) is 0 Å². The first kappa shape index (κ1) is 18.5. The summed E-state index contributed by atoms with van der Waals surface area (Å²) in [5.41, 5.74) is 2.76. The molecule has 0 aliphatic carbocycles. The van der Waals surface area contributed by atoms with E-state index in [2.05, 4.69) is 34.1 Å². The summed E-state index contributed by atoms with van der Waals surface area (Å²) in [5.74, 6) is 0.554. The van der Waals surface area contributed by atoms with E-state index in [9.17, 15) is 0 Å². The fourth-order valence-corrected chi connectivity index (χ4v) is 4.58. The van der Waals surface area contributed by atoms with Crippen LogP contribution >= 0.6 is 22.9 Å². The molecule has 0 saturated heterocycles. The topological polar surface area (TPSA) is 73.9 Å². The Hall–Kier alpha value is -2.55. The van der Waals surface area contributed by atoms with Gasteiger partial charge < -0.3 is 9.57 Å². The summed E-state index contributed by atoms with van der Waals surface area (Å²) in [4.78, 5) is 16.8. The van der Waals surface area contributed by atoms with E-state index in [1.165, 1.54) is 10.4 Å². The smallest absolute Gasteiger partial charge is 0.192 e. The first-order valence-corrected chi connectivity index (χ1v) is 10.4. The summed E-state index contributed by atoms with van der Waals surface area (Å²) in [6.45, 7) is 5.00. The number of benzene rings is 1. The average molecular weight is 428 g/mol. The van der Waals surface area contributed by atoms with Crippen LogP contribution in [0.15, 0.2) is 35.7 Å². The van der Waals surface area contributed by atoms with Crippen molar-refractivity contribution in [2.45, 2.75) is 39.1 Å². The summed E-state index contributed by atoms with van der Waals surface area (Å²) in [5, 5.41) is 10.2. The molecule has 29 heavy (non-hydrogen) atoms. The van der Waals surface area contributed by atoms with E-state index in [-0.39, 0.29) is 12.2 Å². The zero-order valence-electron chi connectivity index (χ0n) is 15.9. The lowest BCUT2D eigenvalue weighted by molar-refractivity contribution is -0.0379. The standard InChI is InChI=1S/C20H18ClN5O2S/c1-20(2)7-14-15(9-27-20)29-19-17(14)18-24-16(25-26(18)11-22-19)10-28-23-8-12-3-5-13(21)6-4-12/h3-6,8,11H,7,9-10H2,1-2H3/b23-8+. The predicted molar refractivity (Wildman–Crippen MR) is 113 cm³/mol. The Balaban J connectivity index is 1.41. The van der Waals surface area contributed by atoms with Crippen LogP contribution < -0.4 is 0 Å². The van der Waals surface area contributed by atoms with Crippen molar-refractivity contribution in [3.05, 3.63) is 57.4 Å². The van der Waals surface area contributed by atoms with Crippen LogP contribution in [0.25, 0.3) is 15.9 Å². The Morgan fingerprint density at radius 2 is 2.17 bits per heavy atom. The fourth-order valence-electron chi connectivity index (χ4n) is 3.39. The highest BCUT2D eigenvalue weighted by Crippen LogP contribution is 2.39. The van der Waals surface area contributed by atoms with Crippen LogP contribution in [0.1, 0.15) is 35.7 Å². The number of hydrogen-bond donors (Lipinski definition) is 0. The molecule has 0 N–H and O–H groups in total. The Morgan fingerprint density at radius 3 is 3.00 bits per heavy atom. The molecule has 3 aromatic heterocycles. The zero-order chi connectivity index (χ0) is 20.0. The van der Waals surface area contributed by atoms with E-state index in [0.29, 0.717) is 17.5 Å². The molecule has 0 amide bonds. The highest BCUT2D eigenvalue weighted by Gasteiger charge is 2.30. The summed E-state index contributed by atoms with van der Waals surface area (Å²) in [6, 6.07) is 7.34. The normalized spacial score (nSPS) is 16.0. The molecule has 0 bridgehead atoms. The third-order valence-corrected chi connectivity index (χ3v) is 6.16. The van der Waals surface area contributed by atoms with Gasteiger partial charge in [-0.15, -0.1) is 16.4 Å². The van der Waals surface area contributed by atoms with E-state index in [4.69, 9.17) is 21.2 Å². The molecule has 1 aliphatic rings. The van der Waals surface area contributed by atoms with Gasteiger partial charge in [0.25, 0.3) is 0 Å². The maximum Gasteiger partial charge on any atom is 0.192 e. The van der Waals surface area contributed by atoms with E-state index in [1.807, 2.05) is 12.1 Å². The van der Waals surface area contributed by atoms with Gasteiger partial charge in [0.2, 0.25) is 0 Å². The van der Waals surface area contributed by atoms with Crippen LogP contribution in [0.2, 0.25) is 5.02 Å². The van der Waals surface area contributed by atoms with Crippen molar-refractivity contribution in [1.82, 2.24) is 19.6 Å². The number of fused-ring (bicyclic) bond motifs is 5. The first-order valence-electron chi connectivity index (χ1n) is 9.18. The maximum absolute atomic E-state index is 5.94. The number of oxime groups is 1. The molecule has 1 aliphatic heterocycles. The summed E-state index contributed by atoms with van der Waals surface area (Å²) in [7, 11) is 0. The molecule has 0 atom stereocenters. The van der Waals surface area contributed by atoms with Crippen LogP contribution in [0.4, 0.5) is 0 Å². The molecule has 7 nitrogen and oxygen atoms in total. The lowest BCUT2D eigenvalue weighted by atomic mass is 9.94. The molecule has 0 radical (unpaired) electrons. The second kappa shape index (κ2) is 7.05. The highest BCUT2D eigenvalue weighted by atomic mass is 35.5. The quantitative estimate of drug-likeness (QED) is 0.356. The number of aromatic nitrogens is 4. The van der Waals surface area contributed by atoms with E-state index < -0.39 is 0 Å². The van der Waals surface area contributed by atoms with Gasteiger partial charge in [-0.25, -0.2) is 14.5 Å². The minimum atomic E-state index is -0.198. The maximum atomic E-state index is 5.94. The molecule has 9 heteroatoms. The van der Waals surface area contributed by atoms with Gasteiger partial charge in [-0.2, -0.15) is 0 Å². The molecule has 4 heterocycles. The monoisotopic (exact) mass is 427 g/mol. The minimum Gasteiger partial charge on any atom is -0.387 e. The second-order valence-corrected chi connectivity index (χ2v) is 9.03. The number of ether oxygens (including phenoxy) is 1. The molecule has 0 spiro atoms. The Kier molecular flexibility index (Phi) is 4.49. The predicted octanol–water partition coefficient (Wildman–Crippen LogP) is 4.39. The first-order chi connectivity index (χ1) is 14.0. The van der Waals surface area contributed by atoms with Gasteiger partial charge in [-0.05, 0) is 37.1 Å². The fraction of sp³-hybridized carbons (Fsp3) is 0.300. The third-order valence-electron chi connectivity index (χ3n) is 4.79. The molecule has 5 rings (SSSR count). The summed E-state index contributed by atoms with van der Waals surface area (Å²) < 4.78 is 7.65. The van der Waals surface area contributed by atoms with Gasteiger partial charge in [-0.3, -0.25) is 0 Å². The number of thiophene rings is 1. The van der Waals surface area contributed by atoms with E-state index in [0.717, 1.165) is 27.8 Å². The van der Waals surface area contributed by atoms with Crippen molar-refractivity contribution >= 4 is 45.0 Å². The van der Waals surface area contributed by atoms with Crippen LogP contribution in [0.3, 0.4) is 0 Å². The molecule has 0 fully saturated rings. The van der Waals surface area contributed by atoms with Gasteiger partial charge in [-0.1, -0.05) is 28.9 Å². The van der Waals surface area contributed by atoms with Crippen LogP contribution in [0, 0.1) is 0 Å².